The quantitative estimate of drug-likeness (QED) is 0.888. The van der Waals surface area contributed by atoms with E-state index in [1.54, 1.807) is 0 Å². The SMILES string of the molecule is CNc1cc(C(=O)NC2(C)CCCCC2)cc(C(C)C)n1. The summed E-state index contributed by atoms with van der Waals surface area (Å²) >= 11 is 0. The van der Waals surface area contributed by atoms with Crippen LogP contribution in [-0.4, -0.2) is 23.5 Å². The second-order valence-electron chi connectivity index (χ2n) is 6.65. The van der Waals surface area contributed by atoms with E-state index in [0.29, 0.717) is 11.5 Å². The summed E-state index contributed by atoms with van der Waals surface area (Å²) in [6.45, 7) is 6.34. The van der Waals surface area contributed by atoms with Gasteiger partial charge in [0.1, 0.15) is 5.82 Å². The third-order valence-electron chi connectivity index (χ3n) is 4.33. The van der Waals surface area contributed by atoms with Crippen LogP contribution in [0.5, 0.6) is 0 Å². The van der Waals surface area contributed by atoms with Gasteiger partial charge in [-0.05, 0) is 37.8 Å². The van der Waals surface area contributed by atoms with Gasteiger partial charge in [-0.3, -0.25) is 4.79 Å². The van der Waals surface area contributed by atoms with Gasteiger partial charge in [0.25, 0.3) is 5.91 Å². The fourth-order valence-corrected chi connectivity index (χ4v) is 2.91. The van der Waals surface area contributed by atoms with Gasteiger partial charge >= 0.3 is 0 Å². The number of hydrogen-bond acceptors (Lipinski definition) is 3. The van der Waals surface area contributed by atoms with Crippen LogP contribution in [0.25, 0.3) is 0 Å². The minimum absolute atomic E-state index is 0.0141. The number of carbonyl (C=O) groups excluding carboxylic acids is 1. The average Bonchev–Trinajstić information content (AvgIpc) is 2.46. The van der Waals surface area contributed by atoms with Gasteiger partial charge in [0, 0.05) is 23.8 Å². The largest absolute Gasteiger partial charge is 0.373 e. The van der Waals surface area contributed by atoms with Gasteiger partial charge in [-0.25, -0.2) is 4.98 Å². The smallest absolute Gasteiger partial charge is 0.251 e. The van der Waals surface area contributed by atoms with E-state index in [2.05, 4.69) is 36.4 Å². The predicted octanol–water partition coefficient (Wildman–Crippen LogP) is 3.70. The molecule has 1 amide bonds. The molecule has 1 aliphatic carbocycles. The zero-order valence-electron chi connectivity index (χ0n) is 13.6. The number of hydrogen-bond donors (Lipinski definition) is 2. The number of aromatic nitrogens is 1. The van der Waals surface area contributed by atoms with Crippen LogP contribution in [0.4, 0.5) is 5.82 Å². The number of anilines is 1. The maximum atomic E-state index is 12.6. The highest BCUT2D eigenvalue weighted by Crippen LogP contribution is 2.28. The minimum Gasteiger partial charge on any atom is -0.373 e. The summed E-state index contributed by atoms with van der Waals surface area (Å²) in [7, 11) is 1.83. The first-order valence-corrected chi connectivity index (χ1v) is 7.96. The maximum Gasteiger partial charge on any atom is 0.251 e. The molecule has 0 aliphatic heterocycles. The van der Waals surface area contributed by atoms with Crippen molar-refractivity contribution in [3.8, 4) is 0 Å². The number of nitrogens with zero attached hydrogens (tertiary/aromatic N) is 1. The van der Waals surface area contributed by atoms with E-state index >= 15 is 0 Å². The Kier molecular flexibility index (Phi) is 4.86. The number of rotatable bonds is 4. The molecular formula is C17H27N3O. The highest BCUT2D eigenvalue weighted by atomic mass is 16.1. The molecule has 2 N–H and O–H groups in total. The molecule has 1 aromatic rings. The zero-order valence-corrected chi connectivity index (χ0v) is 13.6. The number of pyridine rings is 1. The lowest BCUT2D eigenvalue weighted by molar-refractivity contribution is 0.0882. The van der Waals surface area contributed by atoms with Crippen molar-refractivity contribution in [2.75, 3.05) is 12.4 Å². The van der Waals surface area contributed by atoms with E-state index in [-0.39, 0.29) is 11.4 Å². The van der Waals surface area contributed by atoms with Gasteiger partial charge < -0.3 is 10.6 Å². The monoisotopic (exact) mass is 289 g/mol. The maximum absolute atomic E-state index is 12.6. The first-order chi connectivity index (χ1) is 9.93. The van der Waals surface area contributed by atoms with Crippen LogP contribution in [0.3, 0.4) is 0 Å². The summed E-state index contributed by atoms with van der Waals surface area (Å²) in [6, 6.07) is 3.74. The fraction of sp³-hybridized carbons (Fsp3) is 0.647. The molecule has 0 atom stereocenters. The number of carbonyl (C=O) groups is 1. The highest BCUT2D eigenvalue weighted by molar-refractivity contribution is 5.95. The minimum atomic E-state index is -0.0591. The van der Waals surface area contributed by atoms with Crippen LogP contribution >= 0.6 is 0 Å². The van der Waals surface area contributed by atoms with E-state index in [9.17, 15) is 4.79 Å². The van der Waals surface area contributed by atoms with Gasteiger partial charge in [-0.15, -0.1) is 0 Å². The Morgan fingerprint density at radius 2 is 1.90 bits per heavy atom. The van der Waals surface area contributed by atoms with Crippen LogP contribution in [-0.2, 0) is 0 Å². The van der Waals surface area contributed by atoms with Crippen molar-refractivity contribution in [2.45, 2.75) is 64.3 Å². The van der Waals surface area contributed by atoms with E-state index in [4.69, 9.17) is 0 Å². The molecular weight excluding hydrogens is 262 g/mol. The zero-order chi connectivity index (χ0) is 15.5. The molecule has 21 heavy (non-hydrogen) atoms. The van der Waals surface area contributed by atoms with E-state index in [0.717, 1.165) is 24.4 Å². The number of amides is 1. The third kappa shape index (κ3) is 3.96. The molecule has 0 unspecified atom stereocenters. The van der Waals surface area contributed by atoms with Crippen molar-refractivity contribution < 1.29 is 4.79 Å². The van der Waals surface area contributed by atoms with Crippen LogP contribution in [0, 0.1) is 0 Å². The van der Waals surface area contributed by atoms with Gasteiger partial charge in [-0.1, -0.05) is 33.1 Å². The molecule has 0 bridgehead atoms. The van der Waals surface area contributed by atoms with E-state index in [1.807, 2.05) is 19.2 Å². The van der Waals surface area contributed by atoms with Crippen molar-refractivity contribution in [3.05, 3.63) is 23.4 Å². The molecule has 0 spiro atoms. The molecule has 0 aromatic carbocycles. The first-order valence-electron chi connectivity index (χ1n) is 7.96. The Morgan fingerprint density at radius 3 is 2.48 bits per heavy atom. The summed E-state index contributed by atoms with van der Waals surface area (Å²) in [6.07, 6.45) is 5.82. The Hall–Kier alpha value is -1.58. The molecule has 1 aromatic heterocycles. The molecule has 0 radical (unpaired) electrons. The van der Waals surface area contributed by atoms with Gasteiger partial charge in [0.05, 0.1) is 0 Å². The van der Waals surface area contributed by atoms with Crippen molar-refractivity contribution in [3.63, 3.8) is 0 Å². The van der Waals surface area contributed by atoms with Crippen LogP contribution in [0.2, 0.25) is 0 Å². The lowest BCUT2D eigenvalue weighted by atomic mass is 9.83. The van der Waals surface area contributed by atoms with Gasteiger partial charge in [0.2, 0.25) is 0 Å². The molecule has 2 rings (SSSR count). The Bertz CT molecular complexity index is 505. The Balaban J connectivity index is 2.20. The average molecular weight is 289 g/mol. The van der Waals surface area contributed by atoms with Gasteiger partial charge in [0.15, 0.2) is 0 Å². The predicted molar refractivity (Wildman–Crippen MR) is 86.8 cm³/mol. The summed E-state index contributed by atoms with van der Waals surface area (Å²) in [5, 5.41) is 6.27. The van der Waals surface area contributed by atoms with Crippen LogP contribution in [0.1, 0.15) is 74.8 Å². The van der Waals surface area contributed by atoms with Crippen LogP contribution in [0.15, 0.2) is 12.1 Å². The van der Waals surface area contributed by atoms with Gasteiger partial charge in [-0.2, -0.15) is 0 Å². The second-order valence-corrected chi connectivity index (χ2v) is 6.65. The molecule has 1 fully saturated rings. The first kappa shape index (κ1) is 15.8. The van der Waals surface area contributed by atoms with E-state index < -0.39 is 0 Å². The molecule has 4 heteroatoms. The summed E-state index contributed by atoms with van der Waals surface area (Å²) < 4.78 is 0. The fourth-order valence-electron chi connectivity index (χ4n) is 2.91. The van der Waals surface area contributed by atoms with Crippen molar-refractivity contribution in [2.24, 2.45) is 0 Å². The van der Waals surface area contributed by atoms with E-state index in [1.165, 1.54) is 19.3 Å². The second kappa shape index (κ2) is 6.46. The number of nitrogens with one attached hydrogen (secondary N) is 2. The third-order valence-corrected chi connectivity index (χ3v) is 4.33. The van der Waals surface area contributed by atoms with Crippen molar-refractivity contribution in [1.82, 2.24) is 10.3 Å². The molecule has 4 nitrogen and oxygen atoms in total. The summed E-state index contributed by atoms with van der Waals surface area (Å²) in [5.74, 6) is 1.07. The standard InChI is InChI=1S/C17H27N3O/c1-12(2)14-10-13(11-15(18-4)19-14)16(21)20-17(3)8-6-5-7-9-17/h10-12H,5-9H2,1-4H3,(H,18,19)(H,20,21). The van der Waals surface area contributed by atoms with Crippen molar-refractivity contribution >= 4 is 11.7 Å². The molecule has 0 saturated heterocycles. The Labute approximate surface area is 127 Å². The summed E-state index contributed by atoms with van der Waals surface area (Å²) in [4.78, 5) is 17.1. The normalized spacial score (nSPS) is 17.6. The molecule has 1 heterocycles. The highest BCUT2D eigenvalue weighted by Gasteiger charge is 2.29. The lowest BCUT2D eigenvalue weighted by Gasteiger charge is -2.34. The lowest BCUT2D eigenvalue weighted by Crippen LogP contribution is -2.47. The molecule has 1 aliphatic rings. The molecule has 1 saturated carbocycles. The summed E-state index contributed by atoms with van der Waals surface area (Å²) in [5.41, 5.74) is 1.58. The van der Waals surface area contributed by atoms with Crippen molar-refractivity contribution in [1.29, 1.82) is 0 Å². The topological polar surface area (TPSA) is 54.0 Å². The molecule has 116 valence electrons. The Morgan fingerprint density at radius 1 is 1.24 bits per heavy atom. The van der Waals surface area contributed by atoms with Crippen LogP contribution < -0.4 is 10.6 Å².